The Labute approximate surface area is 239 Å². The number of hydrogen-bond donors (Lipinski definition) is 2. The van der Waals surface area contributed by atoms with Crippen molar-refractivity contribution < 1.29 is 9.47 Å². The number of nitrogen functional groups attached to an aromatic ring is 2. The van der Waals surface area contributed by atoms with Crippen molar-refractivity contribution in [3.8, 4) is 23.0 Å². The van der Waals surface area contributed by atoms with Crippen LogP contribution < -0.4 is 20.9 Å². The molecule has 0 saturated heterocycles. The van der Waals surface area contributed by atoms with E-state index in [-0.39, 0.29) is 5.41 Å². The molecule has 40 heavy (non-hydrogen) atoms. The zero-order valence-corrected chi connectivity index (χ0v) is 24.1. The summed E-state index contributed by atoms with van der Waals surface area (Å²) in [7, 11) is 0. The number of nitrogens with two attached hydrogens (primary N) is 2. The molecular formula is C36H42N2O2. The highest BCUT2D eigenvalue weighted by Gasteiger charge is 2.39. The van der Waals surface area contributed by atoms with Crippen molar-refractivity contribution in [1.82, 2.24) is 0 Å². The summed E-state index contributed by atoms with van der Waals surface area (Å²) in [6, 6.07) is 28.6. The van der Waals surface area contributed by atoms with Crippen molar-refractivity contribution >= 4 is 11.4 Å². The fraction of sp³-hybridized carbons (Fsp3) is 0.333. The van der Waals surface area contributed by atoms with E-state index >= 15 is 0 Å². The minimum absolute atomic E-state index is 0.0301. The number of anilines is 2. The summed E-state index contributed by atoms with van der Waals surface area (Å²) in [5.74, 6) is 4.16. The van der Waals surface area contributed by atoms with E-state index in [1.54, 1.807) is 0 Å². The SMILES string of the molecule is CCCCC1CCC(c2ccc(Oc3ccc(N)cc3)c(C)c2)(c2ccc(Oc3ccc(N)cc3)c(C)c2)CC1. The third-order valence-electron chi connectivity index (χ3n) is 8.60. The van der Waals surface area contributed by atoms with Gasteiger partial charge in [0.2, 0.25) is 0 Å². The molecule has 4 nitrogen and oxygen atoms in total. The lowest BCUT2D eigenvalue weighted by molar-refractivity contribution is 0.251. The average molecular weight is 535 g/mol. The molecule has 0 aromatic heterocycles. The highest BCUT2D eigenvalue weighted by Crippen LogP contribution is 2.49. The molecule has 0 aliphatic heterocycles. The van der Waals surface area contributed by atoms with Crippen molar-refractivity contribution in [2.75, 3.05) is 11.5 Å². The Morgan fingerprint density at radius 2 is 1.12 bits per heavy atom. The van der Waals surface area contributed by atoms with Gasteiger partial charge in [-0.15, -0.1) is 0 Å². The highest BCUT2D eigenvalue weighted by atomic mass is 16.5. The first-order chi connectivity index (χ1) is 19.4. The van der Waals surface area contributed by atoms with Crippen LogP contribution in [0, 0.1) is 19.8 Å². The second-order valence-corrected chi connectivity index (χ2v) is 11.5. The largest absolute Gasteiger partial charge is 0.457 e. The van der Waals surface area contributed by atoms with Gasteiger partial charge >= 0.3 is 0 Å². The molecular weight excluding hydrogens is 492 g/mol. The fourth-order valence-electron chi connectivity index (χ4n) is 6.14. The van der Waals surface area contributed by atoms with E-state index in [2.05, 4.69) is 57.2 Å². The quantitative estimate of drug-likeness (QED) is 0.210. The third-order valence-corrected chi connectivity index (χ3v) is 8.60. The molecule has 0 unspecified atom stereocenters. The van der Waals surface area contributed by atoms with Crippen LogP contribution in [0.25, 0.3) is 0 Å². The summed E-state index contributed by atoms with van der Waals surface area (Å²) >= 11 is 0. The van der Waals surface area contributed by atoms with Crippen molar-refractivity contribution in [1.29, 1.82) is 0 Å². The van der Waals surface area contributed by atoms with Gasteiger partial charge in [0.15, 0.2) is 0 Å². The molecule has 0 amide bonds. The van der Waals surface area contributed by atoms with E-state index < -0.39 is 0 Å². The standard InChI is InChI=1S/C36H42N2O2/c1-4-5-6-27-19-21-36(22-20-27,28-7-17-34(25(2)23-28)39-32-13-9-30(37)10-14-32)29-8-18-35(26(3)24-29)40-33-15-11-31(38)12-16-33/h7-18,23-24,27H,4-6,19-22,37-38H2,1-3H3. The van der Waals surface area contributed by atoms with Crippen molar-refractivity contribution in [3.05, 3.63) is 107 Å². The summed E-state index contributed by atoms with van der Waals surface area (Å²) in [4.78, 5) is 0. The normalized spacial score (nSPS) is 15.1. The summed E-state index contributed by atoms with van der Waals surface area (Å²) in [5.41, 5.74) is 18.2. The van der Waals surface area contributed by atoms with E-state index in [4.69, 9.17) is 20.9 Å². The van der Waals surface area contributed by atoms with Crippen LogP contribution in [0.4, 0.5) is 11.4 Å². The molecule has 1 fully saturated rings. The molecule has 0 atom stereocenters. The van der Waals surface area contributed by atoms with Crippen LogP contribution in [0.2, 0.25) is 0 Å². The molecule has 4 N–H and O–H groups in total. The Kier molecular flexibility index (Phi) is 8.35. The van der Waals surface area contributed by atoms with Crippen LogP contribution in [0.3, 0.4) is 0 Å². The average Bonchev–Trinajstić information content (AvgIpc) is 2.96. The maximum atomic E-state index is 6.23. The van der Waals surface area contributed by atoms with Crippen LogP contribution in [0.15, 0.2) is 84.9 Å². The molecule has 4 aromatic carbocycles. The van der Waals surface area contributed by atoms with Crippen molar-refractivity contribution in [3.63, 3.8) is 0 Å². The zero-order valence-electron chi connectivity index (χ0n) is 24.1. The second-order valence-electron chi connectivity index (χ2n) is 11.5. The molecule has 4 aromatic rings. The Morgan fingerprint density at radius 1 is 0.675 bits per heavy atom. The number of rotatable bonds is 9. The lowest BCUT2D eigenvalue weighted by atomic mass is 9.62. The van der Waals surface area contributed by atoms with E-state index in [9.17, 15) is 0 Å². The smallest absolute Gasteiger partial charge is 0.130 e. The monoisotopic (exact) mass is 534 g/mol. The summed E-state index contributed by atoms with van der Waals surface area (Å²) < 4.78 is 12.5. The van der Waals surface area contributed by atoms with E-state index in [1.807, 2.05) is 48.5 Å². The number of unbranched alkanes of at least 4 members (excludes halogenated alkanes) is 1. The minimum Gasteiger partial charge on any atom is -0.457 e. The van der Waals surface area contributed by atoms with Crippen LogP contribution in [-0.4, -0.2) is 0 Å². The van der Waals surface area contributed by atoms with Gasteiger partial charge in [-0.2, -0.15) is 0 Å². The maximum Gasteiger partial charge on any atom is 0.130 e. The number of aryl methyl sites for hydroxylation is 2. The second kappa shape index (κ2) is 12.1. The molecule has 0 heterocycles. The third kappa shape index (κ3) is 6.12. The predicted molar refractivity (Wildman–Crippen MR) is 166 cm³/mol. The molecule has 1 aliphatic rings. The first-order valence-electron chi connectivity index (χ1n) is 14.7. The van der Waals surface area contributed by atoms with Crippen LogP contribution in [0.5, 0.6) is 23.0 Å². The lowest BCUT2D eigenvalue weighted by Gasteiger charge is -2.42. The molecule has 208 valence electrons. The zero-order chi connectivity index (χ0) is 28.1. The molecule has 5 rings (SSSR count). The Hall–Kier alpha value is -3.92. The van der Waals surface area contributed by atoms with E-state index in [1.165, 1.54) is 43.2 Å². The molecule has 0 bridgehead atoms. The number of hydrogen-bond acceptors (Lipinski definition) is 4. The van der Waals surface area contributed by atoms with Gasteiger partial charge in [0.25, 0.3) is 0 Å². The van der Waals surface area contributed by atoms with Gasteiger partial charge in [0.05, 0.1) is 0 Å². The predicted octanol–water partition coefficient (Wildman–Crippen LogP) is 9.72. The van der Waals surface area contributed by atoms with Crippen molar-refractivity contribution in [2.24, 2.45) is 5.92 Å². The first kappa shape index (κ1) is 27.6. The molecule has 0 radical (unpaired) electrons. The van der Waals surface area contributed by atoms with Gasteiger partial charge < -0.3 is 20.9 Å². The van der Waals surface area contributed by atoms with Gasteiger partial charge in [-0.05, 0) is 128 Å². The fourth-order valence-corrected chi connectivity index (χ4v) is 6.14. The van der Waals surface area contributed by atoms with Crippen LogP contribution in [-0.2, 0) is 5.41 Å². The van der Waals surface area contributed by atoms with Gasteiger partial charge in [0.1, 0.15) is 23.0 Å². The molecule has 0 spiro atoms. The number of ether oxygens (including phenoxy) is 2. The van der Waals surface area contributed by atoms with E-state index in [0.717, 1.165) is 64.3 Å². The number of benzene rings is 4. The van der Waals surface area contributed by atoms with Gasteiger partial charge in [-0.3, -0.25) is 0 Å². The Morgan fingerprint density at radius 3 is 1.52 bits per heavy atom. The molecule has 1 aliphatic carbocycles. The van der Waals surface area contributed by atoms with Crippen LogP contribution in [0.1, 0.15) is 74.1 Å². The summed E-state index contributed by atoms with van der Waals surface area (Å²) in [6.07, 6.45) is 8.74. The maximum absolute atomic E-state index is 6.23. The molecule has 1 saturated carbocycles. The van der Waals surface area contributed by atoms with Gasteiger partial charge in [-0.25, -0.2) is 0 Å². The Bertz CT molecular complexity index is 1320. The minimum atomic E-state index is -0.0301. The Balaban J connectivity index is 1.45. The first-order valence-corrected chi connectivity index (χ1v) is 14.7. The van der Waals surface area contributed by atoms with E-state index in [0.29, 0.717) is 0 Å². The highest BCUT2D eigenvalue weighted by molar-refractivity contribution is 5.51. The lowest BCUT2D eigenvalue weighted by Crippen LogP contribution is -2.33. The topological polar surface area (TPSA) is 70.5 Å². The van der Waals surface area contributed by atoms with Gasteiger partial charge in [-0.1, -0.05) is 50.5 Å². The summed E-state index contributed by atoms with van der Waals surface area (Å²) in [6.45, 7) is 6.58. The van der Waals surface area contributed by atoms with Crippen molar-refractivity contribution in [2.45, 2.75) is 71.1 Å². The molecule has 4 heteroatoms. The van der Waals surface area contributed by atoms with Gasteiger partial charge in [0, 0.05) is 16.8 Å². The van der Waals surface area contributed by atoms with Crippen LogP contribution >= 0.6 is 0 Å². The summed E-state index contributed by atoms with van der Waals surface area (Å²) in [5, 5.41) is 0.